The predicted molar refractivity (Wildman–Crippen MR) is 99.0 cm³/mol. The summed E-state index contributed by atoms with van der Waals surface area (Å²) >= 11 is 5.65. The van der Waals surface area contributed by atoms with Crippen LogP contribution in [-0.2, 0) is 11.4 Å². The van der Waals surface area contributed by atoms with Gasteiger partial charge in [-0.15, -0.1) is 0 Å². The maximum Gasteiger partial charge on any atom is 0.257 e. The van der Waals surface area contributed by atoms with Gasteiger partial charge in [0.15, 0.2) is 0 Å². The molecule has 22 heavy (non-hydrogen) atoms. The molecule has 0 radical (unpaired) electrons. The third kappa shape index (κ3) is 5.11. The molecule has 2 rings (SSSR count). The number of rotatable bonds is 5. The molecule has 6 heteroatoms. The van der Waals surface area contributed by atoms with E-state index in [1.165, 1.54) is 6.08 Å². The van der Waals surface area contributed by atoms with E-state index in [0.29, 0.717) is 6.61 Å². The number of carbonyl (C=O) groups is 1. The highest BCUT2D eigenvalue weighted by Crippen LogP contribution is 2.24. The molecule has 4 nitrogen and oxygen atoms in total. The van der Waals surface area contributed by atoms with E-state index in [9.17, 15) is 4.79 Å². The number of nitrogens with two attached hydrogens (primary N) is 1. The summed E-state index contributed by atoms with van der Waals surface area (Å²) < 4.78 is 7.83. The fourth-order valence-corrected chi connectivity index (χ4v) is 2.89. The molecule has 0 saturated heterocycles. The average Bonchev–Trinajstić information content (AvgIpc) is 2.51. The zero-order valence-electron chi connectivity index (χ0n) is 11.6. The Morgan fingerprint density at radius 1 is 1.32 bits per heavy atom. The van der Waals surface area contributed by atoms with E-state index < -0.39 is 0 Å². The lowest BCUT2D eigenvalue weighted by molar-refractivity contribution is -0.116. The minimum atomic E-state index is -0.343. The number of nitrogens with one attached hydrogen (secondary N) is 1. The van der Waals surface area contributed by atoms with Gasteiger partial charge in [-0.05, 0) is 64.1 Å². The van der Waals surface area contributed by atoms with Gasteiger partial charge >= 0.3 is 0 Å². The standard InChI is InChI=1S/C16H14BrIN2O2/c17-13-3-1-2-12(8-13)10-22-15-6-4-11(9-14(15)18)5-7-16(21)20-19/h1-9H,10,19H2,(H,20,21)/b7-5+. The van der Waals surface area contributed by atoms with Gasteiger partial charge in [-0.25, -0.2) is 5.84 Å². The first-order valence-corrected chi connectivity index (χ1v) is 8.31. The van der Waals surface area contributed by atoms with Gasteiger partial charge in [-0.2, -0.15) is 0 Å². The number of hydrazine groups is 1. The zero-order valence-corrected chi connectivity index (χ0v) is 15.3. The Morgan fingerprint density at radius 2 is 2.14 bits per heavy atom. The van der Waals surface area contributed by atoms with Gasteiger partial charge in [0.2, 0.25) is 0 Å². The van der Waals surface area contributed by atoms with Crippen LogP contribution < -0.4 is 16.0 Å². The molecule has 1 amide bonds. The van der Waals surface area contributed by atoms with Crippen LogP contribution in [0.25, 0.3) is 6.08 Å². The Labute approximate surface area is 151 Å². The molecule has 0 saturated carbocycles. The van der Waals surface area contributed by atoms with Crippen LogP contribution in [0.1, 0.15) is 11.1 Å². The Bertz CT molecular complexity index is 704. The quantitative estimate of drug-likeness (QED) is 0.229. The van der Waals surface area contributed by atoms with Crippen LogP contribution >= 0.6 is 38.5 Å². The van der Waals surface area contributed by atoms with E-state index >= 15 is 0 Å². The number of halogens is 2. The van der Waals surface area contributed by atoms with Crippen LogP contribution in [0.3, 0.4) is 0 Å². The zero-order chi connectivity index (χ0) is 15.9. The first kappa shape index (κ1) is 17.0. The van der Waals surface area contributed by atoms with Crippen molar-refractivity contribution in [3.63, 3.8) is 0 Å². The van der Waals surface area contributed by atoms with Crippen molar-refractivity contribution in [3.05, 3.63) is 67.7 Å². The SMILES string of the molecule is NNC(=O)/C=C/c1ccc(OCc2cccc(Br)c2)c(I)c1. The number of carbonyl (C=O) groups excluding carboxylic acids is 1. The Hall–Kier alpha value is -1.38. The first-order valence-electron chi connectivity index (χ1n) is 6.44. The summed E-state index contributed by atoms with van der Waals surface area (Å²) in [6, 6.07) is 13.7. The van der Waals surface area contributed by atoms with Crippen molar-refractivity contribution in [2.45, 2.75) is 6.61 Å². The van der Waals surface area contributed by atoms with Crippen molar-refractivity contribution in [2.24, 2.45) is 5.84 Å². The molecule has 0 aliphatic rings. The van der Waals surface area contributed by atoms with Crippen molar-refractivity contribution in [3.8, 4) is 5.75 Å². The molecule has 3 N–H and O–H groups in total. The number of hydrogen-bond donors (Lipinski definition) is 2. The van der Waals surface area contributed by atoms with Crippen molar-refractivity contribution >= 4 is 50.5 Å². The highest BCUT2D eigenvalue weighted by atomic mass is 127. The Balaban J connectivity index is 2.03. The number of ether oxygens (including phenoxy) is 1. The minimum absolute atomic E-state index is 0.343. The second kappa shape index (κ2) is 8.30. The molecule has 0 atom stereocenters. The van der Waals surface area contributed by atoms with Gasteiger partial charge in [0.1, 0.15) is 12.4 Å². The predicted octanol–water partition coefficient (Wildman–Crippen LogP) is 3.64. The van der Waals surface area contributed by atoms with Crippen molar-refractivity contribution < 1.29 is 9.53 Å². The van der Waals surface area contributed by atoms with Crippen molar-refractivity contribution in [1.29, 1.82) is 0 Å². The fourth-order valence-electron chi connectivity index (χ4n) is 1.75. The molecule has 2 aromatic rings. The summed E-state index contributed by atoms with van der Waals surface area (Å²) in [7, 11) is 0. The summed E-state index contributed by atoms with van der Waals surface area (Å²) in [6.45, 7) is 0.500. The lowest BCUT2D eigenvalue weighted by Crippen LogP contribution is -2.27. The minimum Gasteiger partial charge on any atom is -0.488 e. The topological polar surface area (TPSA) is 64.3 Å². The van der Waals surface area contributed by atoms with E-state index in [0.717, 1.165) is 24.9 Å². The van der Waals surface area contributed by atoms with Crippen LogP contribution in [0.4, 0.5) is 0 Å². The van der Waals surface area contributed by atoms with Crippen molar-refractivity contribution in [2.75, 3.05) is 0 Å². The second-order valence-corrected chi connectivity index (χ2v) is 6.53. The van der Waals surface area contributed by atoms with E-state index in [1.54, 1.807) is 6.08 Å². The average molecular weight is 473 g/mol. The summed E-state index contributed by atoms with van der Waals surface area (Å²) in [6.07, 6.45) is 3.08. The van der Waals surface area contributed by atoms with Crippen molar-refractivity contribution in [1.82, 2.24) is 5.43 Å². The molecule has 0 unspecified atom stereocenters. The number of amides is 1. The molecule has 0 fully saturated rings. The lowest BCUT2D eigenvalue weighted by atomic mass is 10.2. The highest BCUT2D eigenvalue weighted by molar-refractivity contribution is 14.1. The van der Waals surface area contributed by atoms with E-state index in [4.69, 9.17) is 10.6 Å². The first-order chi connectivity index (χ1) is 10.6. The summed E-state index contributed by atoms with van der Waals surface area (Å²) in [4.78, 5) is 11.1. The van der Waals surface area contributed by atoms with Gasteiger partial charge < -0.3 is 4.74 Å². The fraction of sp³-hybridized carbons (Fsp3) is 0.0625. The molecule has 0 aromatic heterocycles. The summed E-state index contributed by atoms with van der Waals surface area (Å²) in [5.74, 6) is 5.48. The number of benzene rings is 2. The van der Waals surface area contributed by atoms with E-state index in [2.05, 4.69) is 38.5 Å². The van der Waals surface area contributed by atoms with Crippen LogP contribution in [-0.4, -0.2) is 5.91 Å². The molecule has 2 aromatic carbocycles. The second-order valence-electron chi connectivity index (χ2n) is 4.45. The van der Waals surface area contributed by atoms with E-state index in [-0.39, 0.29) is 5.91 Å². The molecular weight excluding hydrogens is 459 g/mol. The van der Waals surface area contributed by atoms with Crippen LogP contribution in [0, 0.1) is 3.57 Å². The summed E-state index contributed by atoms with van der Waals surface area (Å²) in [5.41, 5.74) is 4.04. The maximum absolute atomic E-state index is 11.1. The van der Waals surface area contributed by atoms with Crippen LogP contribution in [0.15, 0.2) is 53.0 Å². The normalized spacial score (nSPS) is 10.7. The molecule has 0 aliphatic heterocycles. The van der Waals surface area contributed by atoms with Gasteiger partial charge in [-0.3, -0.25) is 10.2 Å². The molecular formula is C16H14BrIN2O2. The maximum atomic E-state index is 11.1. The molecule has 0 bridgehead atoms. The third-order valence-corrected chi connectivity index (χ3v) is 4.14. The molecule has 0 spiro atoms. The molecule has 0 heterocycles. The Morgan fingerprint density at radius 3 is 2.82 bits per heavy atom. The third-order valence-electron chi connectivity index (χ3n) is 2.81. The monoisotopic (exact) mass is 472 g/mol. The van der Waals surface area contributed by atoms with E-state index in [1.807, 2.05) is 47.9 Å². The molecule has 114 valence electrons. The smallest absolute Gasteiger partial charge is 0.257 e. The van der Waals surface area contributed by atoms with Gasteiger partial charge in [0, 0.05) is 10.5 Å². The van der Waals surface area contributed by atoms with Gasteiger partial charge in [0.25, 0.3) is 5.91 Å². The van der Waals surface area contributed by atoms with Crippen LogP contribution in [0.5, 0.6) is 5.75 Å². The summed E-state index contributed by atoms with van der Waals surface area (Å²) in [5, 5.41) is 0. The highest BCUT2D eigenvalue weighted by Gasteiger charge is 2.03. The largest absolute Gasteiger partial charge is 0.488 e. The number of hydrogen-bond acceptors (Lipinski definition) is 3. The van der Waals surface area contributed by atoms with Gasteiger partial charge in [-0.1, -0.05) is 34.1 Å². The van der Waals surface area contributed by atoms with Crippen LogP contribution in [0.2, 0.25) is 0 Å². The van der Waals surface area contributed by atoms with Gasteiger partial charge in [0.05, 0.1) is 3.57 Å². The lowest BCUT2D eigenvalue weighted by Gasteiger charge is -2.09. The molecule has 0 aliphatic carbocycles. The Kier molecular flexibility index (Phi) is 6.41.